The second-order valence-electron chi connectivity index (χ2n) is 5.72. The first kappa shape index (κ1) is 20.5. The molecule has 0 radical (unpaired) electrons. The molecule has 152 valence electrons. The number of nitrogens with zero attached hydrogens (tertiary/aromatic N) is 3. The van der Waals surface area contributed by atoms with Crippen molar-refractivity contribution in [1.29, 1.82) is 5.26 Å². The number of H-pyrrole nitrogens is 1. The molecule has 1 heterocycles. The van der Waals surface area contributed by atoms with E-state index in [0.717, 1.165) is 24.4 Å². The molecular formula is C19H11F4N5O2. The minimum Gasteiger partial charge on any atom is -0.406 e. The molecule has 0 aliphatic heterocycles. The lowest BCUT2D eigenvalue weighted by atomic mass is 10.1. The van der Waals surface area contributed by atoms with Crippen LogP contribution < -0.4 is 15.7 Å². The molecule has 2 aromatic carbocycles. The zero-order valence-corrected chi connectivity index (χ0v) is 14.9. The molecule has 2 N–H and O–H groups in total. The standard InChI is InChI=1S/C19H11F4N5O2/c20-15-7-6-13(30-19(21,22)23)8-12(15)10-25-28-18-26-16(11-4-2-1-3-5-11)14(9-24)17(29)27-18/h1-8,10H,(H2,26,27,28,29). The molecule has 3 aromatic rings. The molecule has 7 nitrogen and oxygen atoms in total. The van der Waals surface area contributed by atoms with E-state index in [2.05, 4.69) is 25.2 Å². The first-order valence-electron chi connectivity index (χ1n) is 8.21. The summed E-state index contributed by atoms with van der Waals surface area (Å²) in [5.74, 6) is -1.62. The van der Waals surface area contributed by atoms with E-state index in [1.54, 1.807) is 36.4 Å². The Morgan fingerprint density at radius 1 is 1.20 bits per heavy atom. The summed E-state index contributed by atoms with van der Waals surface area (Å²) in [7, 11) is 0. The van der Waals surface area contributed by atoms with Crippen LogP contribution in [0.4, 0.5) is 23.5 Å². The van der Waals surface area contributed by atoms with Gasteiger partial charge in [-0.05, 0) is 18.2 Å². The van der Waals surface area contributed by atoms with E-state index in [0.29, 0.717) is 5.56 Å². The molecule has 0 fully saturated rings. The normalized spacial score (nSPS) is 11.3. The van der Waals surface area contributed by atoms with Gasteiger partial charge in [0.15, 0.2) is 0 Å². The number of ether oxygens (including phenoxy) is 1. The fraction of sp³-hybridized carbons (Fsp3) is 0.0526. The molecular weight excluding hydrogens is 406 g/mol. The molecule has 0 aliphatic rings. The third-order valence-electron chi connectivity index (χ3n) is 3.65. The molecule has 0 unspecified atom stereocenters. The SMILES string of the molecule is N#Cc1c(-c2ccccc2)nc(NN=Cc2cc(OC(F)(F)F)ccc2F)[nH]c1=O. The second-order valence-corrected chi connectivity index (χ2v) is 5.72. The quantitative estimate of drug-likeness (QED) is 0.374. The number of nitriles is 1. The highest BCUT2D eigenvalue weighted by molar-refractivity contribution is 5.81. The van der Waals surface area contributed by atoms with Gasteiger partial charge in [-0.15, -0.1) is 13.2 Å². The van der Waals surface area contributed by atoms with E-state index in [4.69, 9.17) is 0 Å². The maximum absolute atomic E-state index is 13.8. The molecule has 0 bridgehead atoms. The van der Waals surface area contributed by atoms with Gasteiger partial charge < -0.3 is 4.74 Å². The summed E-state index contributed by atoms with van der Waals surface area (Å²) in [6, 6.07) is 12.6. The largest absolute Gasteiger partial charge is 0.573 e. The predicted octanol–water partition coefficient (Wildman–Crippen LogP) is 3.79. The molecule has 30 heavy (non-hydrogen) atoms. The van der Waals surface area contributed by atoms with E-state index < -0.39 is 23.5 Å². The lowest BCUT2D eigenvalue weighted by Crippen LogP contribution is -2.17. The number of alkyl halides is 3. The fourth-order valence-corrected chi connectivity index (χ4v) is 2.42. The second kappa shape index (κ2) is 8.44. The Balaban J connectivity index is 1.87. The first-order chi connectivity index (χ1) is 14.3. The number of aromatic nitrogens is 2. The van der Waals surface area contributed by atoms with Crippen molar-refractivity contribution >= 4 is 12.2 Å². The van der Waals surface area contributed by atoms with Gasteiger partial charge in [0.05, 0.1) is 11.9 Å². The van der Waals surface area contributed by atoms with Crippen LogP contribution in [-0.2, 0) is 0 Å². The highest BCUT2D eigenvalue weighted by Gasteiger charge is 2.31. The van der Waals surface area contributed by atoms with Crippen LogP contribution >= 0.6 is 0 Å². The monoisotopic (exact) mass is 417 g/mol. The Kier molecular flexibility index (Phi) is 5.78. The number of benzene rings is 2. The molecule has 0 amide bonds. The summed E-state index contributed by atoms with van der Waals surface area (Å²) < 4.78 is 54.4. The smallest absolute Gasteiger partial charge is 0.406 e. The van der Waals surface area contributed by atoms with Crippen LogP contribution in [0.2, 0.25) is 0 Å². The Bertz CT molecular complexity index is 1180. The lowest BCUT2D eigenvalue weighted by molar-refractivity contribution is -0.274. The van der Waals surface area contributed by atoms with Gasteiger partial charge in [-0.2, -0.15) is 10.4 Å². The minimum atomic E-state index is -4.93. The summed E-state index contributed by atoms with van der Waals surface area (Å²) in [5.41, 5.74) is 1.73. The van der Waals surface area contributed by atoms with Crippen LogP contribution in [-0.4, -0.2) is 22.5 Å². The third kappa shape index (κ3) is 4.99. The molecule has 0 spiro atoms. The molecule has 0 atom stereocenters. The summed E-state index contributed by atoms with van der Waals surface area (Å²) in [5, 5.41) is 12.9. The highest BCUT2D eigenvalue weighted by atomic mass is 19.4. The molecule has 0 aliphatic carbocycles. The topological polar surface area (TPSA) is 103 Å². The van der Waals surface area contributed by atoms with Crippen molar-refractivity contribution in [2.24, 2.45) is 5.10 Å². The first-order valence-corrected chi connectivity index (χ1v) is 8.21. The van der Waals surface area contributed by atoms with E-state index in [1.807, 2.05) is 0 Å². The Morgan fingerprint density at radius 2 is 1.93 bits per heavy atom. The number of aromatic amines is 1. The van der Waals surface area contributed by atoms with Crippen molar-refractivity contribution in [2.75, 3.05) is 5.43 Å². The Hall–Kier alpha value is -4.20. The van der Waals surface area contributed by atoms with Crippen LogP contribution in [0.5, 0.6) is 5.75 Å². The van der Waals surface area contributed by atoms with Crippen molar-refractivity contribution in [3.8, 4) is 23.1 Å². The van der Waals surface area contributed by atoms with Crippen LogP contribution in [0.25, 0.3) is 11.3 Å². The Morgan fingerprint density at radius 3 is 2.60 bits per heavy atom. The van der Waals surface area contributed by atoms with E-state index >= 15 is 0 Å². The lowest BCUT2D eigenvalue weighted by Gasteiger charge is -2.09. The number of hydrogen-bond donors (Lipinski definition) is 2. The minimum absolute atomic E-state index is 0.103. The van der Waals surface area contributed by atoms with Gasteiger partial charge in [0.1, 0.15) is 23.2 Å². The summed E-state index contributed by atoms with van der Waals surface area (Å²) in [6.45, 7) is 0. The molecule has 3 rings (SSSR count). The van der Waals surface area contributed by atoms with Crippen molar-refractivity contribution < 1.29 is 22.3 Å². The van der Waals surface area contributed by atoms with Crippen molar-refractivity contribution in [1.82, 2.24) is 9.97 Å². The number of nitrogens with one attached hydrogen (secondary N) is 2. The molecule has 1 aromatic heterocycles. The van der Waals surface area contributed by atoms with Gasteiger partial charge in [-0.1, -0.05) is 30.3 Å². The van der Waals surface area contributed by atoms with Gasteiger partial charge in [-0.3, -0.25) is 9.78 Å². The van der Waals surface area contributed by atoms with Gasteiger partial charge in [-0.25, -0.2) is 14.8 Å². The zero-order chi connectivity index (χ0) is 21.7. The summed E-state index contributed by atoms with van der Waals surface area (Å²) in [4.78, 5) is 18.6. The van der Waals surface area contributed by atoms with Crippen molar-refractivity contribution in [3.05, 3.63) is 75.8 Å². The molecule has 11 heteroatoms. The van der Waals surface area contributed by atoms with Crippen LogP contribution in [0.1, 0.15) is 11.1 Å². The van der Waals surface area contributed by atoms with E-state index in [9.17, 15) is 27.6 Å². The number of anilines is 1. The predicted molar refractivity (Wildman–Crippen MR) is 99.3 cm³/mol. The van der Waals surface area contributed by atoms with Gasteiger partial charge in [0.2, 0.25) is 5.95 Å². The van der Waals surface area contributed by atoms with Gasteiger partial charge >= 0.3 is 6.36 Å². The maximum atomic E-state index is 13.8. The number of halogens is 4. The van der Waals surface area contributed by atoms with Crippen molar-refractivity contribution in [3.63, 3.8) is 0 Å². The van der Waals surface area contributed by atoms with Crippen LogP contribution in [0.3, 0.4) is 0 Å². The average molecular weight is 417 g/mol. The number of rotatable bonds is 5. The zero-order valence-electron chi connectivity index (χ0n) is 14.9. The summed E-state index contributed by atoms with van der Waals surface area (Å²) in [6.07, 6.45) is -4.04. The third-order valence-corrected chi connectivity index (χ3v) is 3.65. The average Bonchev–Trinajstić information content (AvgIpc) is 2.69. The highest BCUT2D eigenvalue weighted by Crippen LogP contribution is 2.24. The van der Waals surface area contributed by atoms with Crippen molar-refractivity contribution in [2.45, 2.75) is 6.36 Å². The van der Waals surface area contributed by atoms with E-state index in [-0.39, 0.29) is 22.8 Å². The van der Waals surface area contributed by atoms with Gasteiger partial charge in [0.25, 0.3) is 5.56 Å². The maximum Gasteiger partial charge on any atom is 0.573 e. The molecule has 0 saturated carbocycles. The fourth-order valence-electron chi connectivity index (χ4n) is 2.42. The Labute approximate surface area is 166 Å². The van der Waals surface area contributed by atoms with E-state index in [1.165, 1.54) is 0 Å². The number of hydrogen-bond acceptors (Lipinski definition) is 6. The molecule has 0 saturated heterocycles. The van der Waals surface area contributed by atoms with Crippen LogP contribution in [0, 0.1) is 17.1 Å². The van der Waals surface area contributed by atoms with Gasteiger partial charge in [0, 0.05) is 11.1 Å². The number of hydrazone groups is 1. The van der Waals surface area contributed by atoms with Crippen LogP contribution in [0.15, 0.2) is 58.4 Å². The summed E-state index contributed by atoms with van der Waals surface area (Å²) >= 11 is 0.